The summed E-state index contributed by atoms with van der Waals surface area (Å²) in [7, 11) is 0. The van der Waals surface area contributed by atoms with Crippen LogP contribution >= 0.6 is 27.5 Å². The molecule has 1 amide bonds. The van der Waals surface area contributed by atoms with Crippen LogP contribution in [0.2, 0.25) is 5.02 Å². The van der Waals surface area contributed by atoms with Gasteiger partial charge in [-0.3, -0.25) is 4.79 Å². The summed E-state index contributed by atoms with van der Waals surface area (Å²) in [6.07, 6.45) is 5.21. The maximum absolute atomic E-state index is 12.1. The van der Waals surface area contributed by atoms with Crippen LogP contribution < -0.4 is 0 Å². The first kappa shape index (κ1) is 13.1. The molecule has 84 valence electrons. The summed E-state index contributed by atoms with van der Waals surface area (Å²) >= 11 is 9.12. The Kier molecular flexibility index (Phi) is 4.85. The summed E-state index contributed by atoms with van der Waals surface area (Å²) < 4.78 is 0.681. The fourth-order valence-electron chi connectivity index (χ4n) is 1.27. The van der Waals surface area contributed by atoms with Crippen LogP contribution in [0.1, 0.15) is 17.3 Å². The van der Waals surface area contributed by atoms with Crippen LogP contribution in [0.4, 0.5) is 0 Å². The maximum Gasteiger partial charge on any atom is 0.255 e. The maximum atomic E-state index is 12.1. The number of rotatable bonds is 3. The SMILES string of the molecule is C#CCN(CC)C(=O)c1ccc(Cl)cc1Br. The Labute approximate surface area is 109 Å². The Morgan fingerprint density at radius 2 is 2.31 bits per heavy atom. The lowest BCUT2D eigenvalue weighted by molar-refractivity contribution is 0.0784. The Morgan fingerprint density at radius 1 is 1.62 bits per heavy atom. The highest BCUT2D eigenvalue weighted by atomic mass is 79.9. The second kappa shape index (κ2) is 5.93. The van der Waals surface area contributed by atoms with Gasteiger partial charge in [0.1, 0.15) is 0 Å². The number of carbonyl (C=O) groups is 1. The molecule has 1 aromatic carbocycles. The summed E-state index contributed by atoms with van der Waals surface area (Å²) in [4.78, 5) is 13.6. The van der Waals surface area contributed by atoms with Crippen molar-refractivity contribution < 1.29 is 4.79 Å². The number of benzene rings is 1. The van der Waals surface area contributed by atoms with Gasteiger partial charge in [0.05, 0.1) is 12.1 Å². The first-order valence-electron chi connectivity index (χ1n) is 4.78. The van der Waals surface area contributed by atoms with E-state index in [0.717, 1.165) is 0 Å². The molecule has 16 heavy (non-hydrogen) atoms. The minimum atomic E-state index is -0.0935. The van der Waals surface area contributed by atoms with Crippen molar-refractivity contribution in [2.24, 2.45) is 0 Å². The molecule has 0 spiro atoms. The first-order valence-corrected chi connectivity index (χ1v) is 5.95. The quantitative estimate of drug-likeness (QED) is 0.785. The second-order valence-electron chi connectivity index (χ2n) is 3.15. The first-order chi connectivity index (χ1) is 7.60. The molecule has 0 aliphatic heterocycles. The van der Waals surface area contributed by atoms with Crippen LogP contribution in [-0.2, 0) is 0 Å². The largest absolute Gasteiger partial charge is 0.328 e. The molecule has 0 atom stereocenters. The van der Waals surface area contributed by atoms with E-state index in [4.69, 9.17) is 18.0 Å². The zero-order valence-electron chi connectivity index (χ0n) is 8.84. The van der Waals surface area contributed by atoms with Crippen molar-refractivity contribution in [1.82, 2.24) is 4.90 Å². The van der Waals surface area contributed by atoms with E-state index in [-0.39, 0.29) is 5.91 Å². The van der Waals surface area contributed by atoms with E-state index in [9.17, 15) is 4.79 Å². The number of terminal acetylenes is 1. The Bertz CT molecular complexity index is 439. The van der Waals surface area contributed by atoms with Gasteiger partial charge in [0, 0.05) is 16.0 Å². The van der Waals surface area contributed by atoms with E-state index in [1.807, 2.05) is 6.92 Å². The Morgan fingerprint density at radius 3 is 2.81 bits per heavy atom. The molecule has 0 N–H and O–H groups in total. The molecule has 0 bridgehead atoms. The number of carbonyl (C=O) groups excluding carboxylic acids is 1. The average molecular weight is 301 g/mol. The van der Waals surface area contributed by atoms with Crippen molar-refractivity contribution in [2.75, 3.05) is 13.1 Å². The van der Waals surface area contributed by atoms with Crippen molar-refractivity contribution in [3.05, 3.63) is 33.3 Å². The molecule has 0 saturated carbocycles. The molecule has 4 heteroatoms. The van der Waals surface area contributed by atoms with Gasteiger partial charge in [-0.25, -0.2) is 0 Å². The summed E-state index contributed by atoms with van der Waals surface area (Å²) in [5.74, 6) is 2.37. The molecule has 0 unspecified atom stereocenters. The molecule has 0 fully saturated rings. The predicted octanol–water partition coefficient (Wildman–Crippen LogP) is 3.20. The fraction of sp³-hybridized carbons (Fsp3) is 0.250. The van der Waals surface area contributed by atoms with Gasteiger partial charge in [0.15, 0.2) is 0 Å². The van der Waals surface area contributed by atoms with Crippen molar-refractivity contribution in [3.8, 4) is 12.3 Å². The predicted molar refractivity (Wildman–Crippen MR) is 69.6 cm³/mol. The van der Waals surface area contributed by atoms with E-state index in [0.29, 0.717) is 28.1 Å². The highest BCUT2D eigenvalue weighted by Crippen LogP contribution is 2.22. The minimum absolute atomic E-state index is 0.0935. The van der Waals surface area contributed by atoms with E-state index in [2.05, 4.69) is 21.9 Å². The number of nitrogens with zero attached hydrogens (tertiary/aromatic N) is 1. The third-order valence-electron chi connectivity index (χ3n) is 2.11. The molecular weight excluding hydrogens is 289 g/mol. The molecule has 2 nitrogen and oxygen atoms in total. The monoisotopic (exact) mass is 299 g/mol. The van der Waals surface area contributed by atoms with Gasteiger partial charge in [0.2, 0.25) is 0 Å². The molecule has 0 aromatic heterocycles. The lowest BCUT2D eigenvalue weighted by atomic mass is 10.2. The van der Waals surface area contributed by atoms with E-state index < -0.39 is 0 Å². The van der Waals surface area contributed by atoms with E-state index in [1.165, 1.54) is 0 Å². The van der Waals surface area contributed by atoms with Gasteiger partial charge in [-0.05, 0) is 41.1 Å². The van der Waals surface area contributed by atoms with Gasteiger partial charge in [-0.2, -0.15) is 0 Å². The van der Waals surface area contributed by atoms with Gasteiger partial charge in [-0.15, -0.1) is 6.42 Å². The third kappa shape index (κ3) is 3.01. The summed E-state index contributed by atoms with van der Waals surface area (Å²) in [5, 5.41) is 0.587. The van der Waals surface area contributed by atoms with Crippen molar-refractivity contribution >= 4 is 33.4 Å². The average Bonchev–Trinajstić information content (AvgIpc) is 2.25. The van der Waals surface area contributed by atoms with Gasteiger partial charge >= 0.3 is 0 Å². The van der Waals surface area contributed by atoms with Gasteiger partial charge in [-0.1, -0.05) is 17.5 Å². The molecule has 1 rings (SSSR count). The van der Waals surface area contributed by atoms with Crippen LogP contribution in [0, 0.1) is 12.3 Å². The minimum Gasteiger partial charge on any atom is -0.328 e. The van der Waals surface area contributed by atoms with E-state index in [1.54, 1.807) is 23.1 Å². The fourth-order valence-corrected chi connectivity index (χ4v) is 2.12. The van der Waals surface area contributed by atoms with Crippen molar-refractivity contribution in [3.63, 3.8) is 0 Å². The molecule has 1 aromatic rings. The van der Waals surface area contributed by atoms with Gasteiger partial charge < -0.3 is 4.90 Å². The van der Waals surface area contributed by atoms with Crippen molar-refractivity contribution in [1.29, 1.82) is 0 Å². The van der Waals surface area contributed by atoms with Crippen LogP contribution in [-0.4, -0.2) is 23.9 Å². The van der Waals surface area contributed by atoms with E-state index >= 15 is 0 Å². The van der Waals surface area contributed by atoms with Crippen LogP contribution in [0.5, 0.6) is 0 Å². The molecule has 0 saturated heterocycles. The van der Waals surface area contributed by atoms with Crippen molar-refractivity contribution in [2.45, 2.75) is 6.92 Å². The molecule has 0 aliphatic carbocycles. The Balaban J connectivity index is 3.00. The molecular formula is C12H11BrClNO. The highest BCUT2D eigenvalue weighted by molar-refractivity contribution is 9.10. The standard InChI is InChI=1S/C12H11BrClNO/c1-3-7-15(4-2)12(16)10-6-5-9(14)8-11(10)13/h1,5-6,8H,4,7H2,2H3. The number of hydrogen-bond acceptors (Lipinski definition) is 1. The Hall–Kier alpha value is -0.980. The zero-order valence-corrected chi connectivity index (χ0v) is 11.2. The van der Waals surface area contributed by atoms with Gasteiger partial charge in [0.25, 0.3) is 5.91 Å². The molecule has 0 radical (unpaired) electrons. The lowest BCUT2D eigenvalue weighted by Gasteiger charge is -2.18. The number of hydrogen-bond donors (Lipinski definition) is 0. The topological polar surface area (TPSA) is 20.3 Å². The number of halogens is 2. The second-order valence-corrected chi connectivity index (χ2v) is 4.44. The lowest BCUT2D eigenvalue weighted by Crippen LogP contribution is -2.31. The summed E-state index contributed by atoms with van der Waals surface area (Å²) in [6.45, 7) is 2.78. The smallest absolute Gasteiger partial charge is 0.255 e. The molecule has 0 aliphatic rings. The zero-order chi connectivity index (χ0) is 12.1. The van der Waals surface area contributed by atoms with Crippen LogP contribution in [0.25, 0.3) is 0 Å². The third-order valence-corrected chi connectivity index (χ3v) is 3.00. The normalized spacial score (nSPS) is 9.62. The van der Waals surface area contributed by atoms with Crippen LogP contribution in [0.15, 0.2) is 22.7 Å². The summed E-state index contributed by atoms with van der Waals surface area (Å²) in [6, 6.07) is 5.07. The highest BCUT2D eigenvalue weighted by Gasteiger charge is 2.15. The summed E-state index contributed by atoms with van der Waals surface area (Å²) in [5.41, 5.74) is 0.571. The molecule has 0 heterocycles. The number of amides is 1. The van der Waals surface area contributed by atoms with Crippen LogP contribution in [0.3, 0.4) is 0 Å².